The number of anilines is 1. The van der Waals surface area contributed by atoms with Crippen LogP contribution in [-0.4, -0.2) is 13.7 Å². The van der Waals surface area contributed by atoms with Crippen LogP contribution in [0.1, 0.15) is 23.6 Å². The SMILES string of the molecule is C#CCOc1c(CC=C)cc(CNc2ccccc2CC)cc1OC. The molecule has 0 amide bonds. The third kappa shape index (κ3) is 4.81. The highest BCUT2D eigenvalue weighted by molar-refractivity contribution is 5.54. The molecule has 0 bridgehead atoms. The van der Waals surface area contributed by atoms with Gasteiger partial charge in [-0.2, -0.15) is 0 Å². The molecule has 0 aliphatic carbocycles. The molecule has 130 valence electrons. The number of benzene rings is 2. The van der Waals surface area contributed by atoms with Crippen LogP contribution in [0.15, 0.2) is 49.1 Å². The van der Waals surface area contributed by atoms with Crippen molar-refractivity contribution in [3.8, 4) is 23.8 Å². The van der Waals surface area contributed by atoms with E-state index in [9.17, 15) is 0 Å². The van der Waals surface area contributed by atoms with Gasteiger partial charge in [0.2, 0.25) is 0 Å². The lowest BCUT2D eigenvalue weighted by Crippen LogP contribution is -2.05. The Morgan fingerprint density at radius 2 is 2.04 bits per heavy atom. The fourth-order valence-electron chi connectivity index (χ4n) is 2.76. The lowest BCUT2D eigenvalue weighted by molar-refractivity contribution is 0.328. The van der Waals surface area contributed by atoms with Gasteiger partial charge in [-0.15, -0.1) is 13.0 Å². The summed E-state index contributed by atoms with van der Waals surface area (Å²) in [6, 6.07) is 12.4. The molecule has 25 heavy (non-hydrogen) atoms. The van der Waals surface area contributed by atoms with E-state index >= 15 is 0 Å². The number of methoxy groups -OCH3 is 1. The summed E-state index contributed by atoms with van der Waals surface area (Å²) in [5.74, 6) is 3.88. The molecule has 0 atom stereocenters. The Balaban J connectivity index is 2.27. The van der Waals surface area contributed by atoms with Crippen LogP contribution in [0.5, 0.6) is 11.5 Å². The maximum Gasteiger partial charge on any atom is 0.166 e. The summed E-state index contributed by atoms with van der Waals surface area (Å²) in [5, 5.41) is 3.51. The van der Waals surface area contributed by atoms with Crippen molar-refractivity contribution < 1.29 is 9.47 Å². The average molecular weight is 335 g/mol. The predicted molar refractivity (Wildman–Crippen MR) is 104 cm³/mol. The van der Waals surface area contributed by atoms with Gasteiger partial charge in [-0.3, -0.25) is 0 Å². The number of rotatable bonds is 9. The molecule has 0 unspecified atom stereocenters. The first-order chi connectivity index (χ1) is 12.2. The van der Waals surface area contributed by atoms with E-state index in [0.29, 0.717) is 24.5 Å². The Bertz CT molecular complexity index is 759. The molecule has 2 aromatic carbocycles. The fraction of sp³-hybridized carbons (Fsp3) is 0.273. The topological polar surface area (TPSA) is 30.5 Å². The second kappa shape index (κ2) is 9.44. The predicted octanol–water partition coefficient (Wildman–Crippen LogP) is 4.61. The van der Waals surface area contributed by atoms with Crippen molar-refractivity contribution in [2.45, 2.75) is 26.3 Å². The van der Waals surface area contributed by atoms with Gasteiger partial charge in [0.1, 0.15) is 6.61 Å². The van der Waals surface area contributed by atoms with Crippen molar-refractivity contribution in [1.82, 2.24) is 0 Å². The first-order valence-corrected chi connectivity index (χ1v) is 8.42. The summed E-state index contributed by atoms with van der Waals surface area (Å²) >= 11 is 0. The molecular formula is C22H25NO2. The molecule has 0 aromatic heterocycles. The maximum absolute atomic E-state index is 5.69. The lowest BCUT2D eigenvalue weighted by atomic mass is 10.0. The van der Waals surface area contributed by atoms with E-state index in [4.69, 9.17) is 15.9 Å². The van der Waals surface area contributed by atoms with Gasteiger partial charge in [0.15, 0.2) is 11.5 Å². The van der Waals surface area contributed by atoms with Crippen LogP contribution in [0.2, 0.25) is 0 Å². The van der Waals surface area contributed by atoms with Crippen molar-refractivity contribution in [1.29, 1.82) is 0 Å². The minimum absolute atomic E-state index is 0.210. The summed E-state index contributed by atoms with van der Waals surface area (Å²) in [6.45, 7) is 6.89. The molecule has 2 rings (SSSR count). The fourth-order valence-corrected chi connectivity index (χ4v) is 2.76. The van der Waals surface area contributed by atoms with Crippen LogP contribution in [0.3, 0.4) is 0 Å². The summed E-state index contributed by atoms with van der Waals surface area (Å²) in [7, 11) is 1.64. The van der Waals surface area contributed by atoms with Gasteiger partial charge >= 0.3 is 0 Å². The van der Waals surface area contributed by atoms with Crippen LogP contribution in [-0.2, 0) is 19.4 Å². The molecular weight excluding hydrogens is 310 g/mol. The Kier molecular flexibility index (Phi) is 6.98. The third-order valence-corrected chi connectivity index (χ3v) is 3.96. The Morgan fingerprint density at radius 3 is 2.72 bits per heavy atom. The van der Waals surface area contributed by atoms with E-state index in [1.54, 1.807) is 7.11 Å². The number of hydrogen-bond donors (Lipinski definition) is 1. The van der Waals surface area contributed by atoms with Crippen molar-refractivity contribution in [2.75, 3.05) is 19.0 Å². The number of nitrogens with one attached hydrogen (secondary N) is 1. The number of allylic oxidation sites excluding steroid dienone is 1. The summed E-state index contributed by atoms with van der Waals surface area (Å²) in [6.07, 6.45) is 8.85. The smallest absolute Gasteiger partial charge is 0.166 e. The Labute approximate surface area is 150 Å². The lowest BCUT2D eigenvalue weighted by Gasteiger charge is -2.17. The number of aryl methyl sites for hydroxylation is 1. The molecule has 1 N–H and O–H groups in total. The highest BCUT2D eigenvalue weighted by Gasteiger charge is 2.13. The second-order valence-electron chi connectivity index (χ2n) is 5.64. The van der Waals surface area contributed by atoms with Crippen LogP contribution < -0.4 is 14.8 Å². The molecule has 0 aliphatic heterocycles. The highest BCUT2D eigenvalue weighted by atomic mass is 16.5. The molecule has 0 aliphatic rings. The van der Waals surface area contributed by atoms with Gasteiger partial charge in [-0.25, -0.2) is 0 Å². The average Bonchev–Trinajstić information content (AvgIpc) is 2.65. The van der Waals surface area contributed by atoms with E-state index in [1.807, 2.05) is 18.2 Å². The van der Waals surface area contributed by atoms with Crippen LogP contribution in [0.4, 0.5) is 5.69 Å². The van der Waals surface area contributed by atoms with E-state index in [1.165, 1.54) is 5.56 Å². The first-order valence-electron chi connectivity index (χ1n) is 8.42. The first kappa shape index (κ1) is 18.5. The normalized spacial score (nSPS) is 9.96. The number of terminal acetylenes is 1. The summed E-state index contributed by atoms with van der Waals surface area (Å²) in [4.78, 5) is 0. The van der Waals surface area contributed by atoms with E-state index in [2.05, 4.69) is 49.0 Å². The number of ether oxygens (including phenoxy) is 2. The van der Waals surface area contributed by atoms with E-state index in [-0.39, 0.29) is 6.61 Å². The molecule has 3 nitrogen and oxygen atoms in total. The van der Waals surface area contributed by atoms with Crippen molar-refractivity contribution in [3.63, 3.8) is 0 Å². The van der Waals surface area contributed by atoms with Crippen molar-refractivity contribution in [3.05, 3.63) is 65.7 Å². The molecule has 0 heterocycles. The van der Waals surface area contributed by atoms with Gasteiger partial charge in [0, 0.05) is 17.8 Å². The Hall–Kier alpha value is -2.86. The zero-order valence-corrected chi connectivity index (χ0v) is 15.0. The van der Waals surface area contributed by atoms with Gasteiger partial charge < -0.3 is 14.8 Å². The van der Waals surface area contributed by atoms with Gasteiger partial charge in [-0.05, 0) is 42.2 Å². The number of para-hydroxylation sites is 1. The third-order valence-electron chi connectivity index (χ3n) is 3.96. The maximum atomic E-state index is 5.69. The zero-order valence-electron chi connectivity index (χ0n) is 15.0. The standard InChI is InChI=1S/C22H25NO2/c1-5-10-19-14-17(15-21(24-4)22(19)25-13-6-2)16-23-20-12-9-8-11-18(20)7-3/h2,5,8-9,11-12,14-15,23H,1,7,10,13,16H2,3-4H3. The molecule has 0 fully saturated rings. The monoisotopic (exact) mass is 335 g/mol. The van der Waals surface area contributed by atoms with Crippen LogP contribution in [0.25, 0.3) is 0 Å². The zero-order chi connectivity index (χ0) is 18.1. The minimum atomic E-state index is 0.210. The van der Waals surface area contributed by atoms with Crippen LogP contribution in [0, 0.1) is 12.3 Å². The van der Waals surface area contributed by atoms with Gasteiger partial charge in [0.25, 0.3) is 0 Å². The molecule has 3 heteroatoms. The summed E-state index contributed by atoms with van der Waals surface area (Å²) in [5.41, 5.74) is 4.59. The second-order valence-corrected chi connectivity index (χ2v) is 5.64. The van der Waals surface area contributed by atoms with Crippen molar-refractivity contribution in [2.24, 2.45) is 0 Å². The quantitative estimate of drug-likeness (QED) is 0.536. The van der Waals surface area contributed by atoms with E-state index < -0.39 is 0 Å². The highest BCUT2D eigenvalue weighted by Crippen LogP contribution is 2.34. The largest absolute Gasteiger partial charge is 0.493 e. The molecule has 0 saturated carbocycles. The summed E-state index contributed by atoms with van der Waals surface area (Å²) < 4.78 is 11.2. The Morgan fingerprint density at radius 1 is 1.24 bits per heavy atom. The van der Waals surface area contributed by atoms with Crippen molar-refractivity contribution >= 4 is 5.69 Å². The molecule has 0 spiro atoms. The van der Waals surface area contributed by atoms with Gasteiger partial charge in [0.05, 0.1) is 7.11 Å². The number of hydrogen-bond acceptors (Lipinski definition) is 3. The minimum Gasteiger partial charge on any atom is -0.493 e. The van der Waals surface area contributed by atoms with Gasteiger partial charge in [-0.1, -0.05) is 37.1 Å². The molecule has 2 aromatic rings. The van der Waals surface area contributed by atoms with Crippen LogP contribution >= 0.6 is 0 Å². The van der Waals surface area contributed by atoms with E-state index in [0.717, 1.165) is 23.2 Å². The molecule has 0 saturated heterocycles. The molecule has 0 radical (unpaired) electrons.